The lowest BCUT2D eigenvalue weighted by atomic mass is 9.95. The fraction of sp³-hybridized carbons (Fsp3) is 0.375. The number of para-hydroxylation sites is 1. The minimum atomic E-state index is 0.113. The summed E-state index contributed by atoms with van der Waals surface area (Å²) < 4.78 is 7.19. The number of carbonyl (C=O) groups is 1. The van der Waals surface area contributed by atoms with E-state index in [-0.39, 0.29) is 5.91 Å². The van der Waals surface area contributed by atoms with Crippen molar-refractivity contribution in [3.63, 3.8) is 0 Å². The van der Waals surface area contributed by atoms with Gasteiger partial charge in [0.25, 0.3) is 5.91 Å². The highest BCUT2D eigenvalue weighted by molar-refractivity contribution is 7.21. The lowest BCUT2D eigenvalue weighted by molar-refractivity contribution is 0.0831. The maximum atomic E-state index is 12.8. The highest BCUT2D eigenvalue weighted by atomic mass is 32.1. The maximum absolute atomic E-state index is 12.8. The zero-order valence-corrected chi connectivity index (χ0v) is 18.2. The number of ether oxygens (including phenoxy) is 1. The van der Waals surface area contributed by atoms with Gasteiger partial charge in [-0.05, 0) is 48.5 Å². The van der Waals surface area contributed by atoms with Crippen molar-refractivity contribution in [3.05, 3.63) is 64.5 Å². The number of thiophene rings is 1. The Kier molecular flexibility index (Phi) is 5.88. The molecule has 1 aliphatic rings. The van der Waals surface area contributed by atoms with Gasteiger partial charge < -0.3 is 9.64 Å². The molecule has 1 aromatic heterocycles. The predicted octanol–water partition coefficient (Wildman–Crippen LogP) is 4.78. The number of amides is 1. The summed E-state index contributed by atoms with van der Waals surface area (Å²) in [7, 11) is 3.67. The molecule has 4 rings (SSSR count). The quantitative estimate of drug-likeness (QED) is 0.588. The van der Waals surface area contributed by atoms with Crippen LogP contribution in [0.4, 0.5) is 0 Å². The van der Waals surface area contributed by atoms with Gasteiger partial charge in [0.1, 0.15) is 12.4 Å². The molecule has 29 heavy (non-hydrogen) atoms. The third-order valence-electron chi connectivity index (χ3n) is 5.67. The van der Waals surface area contributed by atoms with Crippen LogP contribution in [-0.4, -0.2) is 56.0 Å². The second-order valence-electron chi connectivity index (χ2n) is 7.94. The Labute approximate surface area is 176 Å². The summed E-state index contributed by atoms with van der Waals surface area (Å²) >= 11 is 1.63. The van der Waals surface area contributed by atoms with Crippen LogP contribution < -0.4 is 4.74 Å². The van der Waals surface area contributed by atoms with Crippen molar-refractivity contribution in [1.82, 2.24) is 9.80 Å². The monoisotopic (exact) mass is 408 g/mol. The molecule has 1 fully saturated rings. The van der Waals surface area contributed by atoms with Gasteiger partial charge in [0.05, 0.1) is 4.88 Å². The van der Waals surface area contributed by atoms with Gasteiger partial charge in [-0.15, -0.1) is 11.3 Å². The molecule has 1 atom stereocenters. The first-order valence-electron chi connectivity index (χ1n) is 10.2. The van der Waals surface area contributed by atoms with Crippen LogP contribution in [0.25, 0.3) is 10.1 Å². The molecule has 3 aromatic rings. The Morgan fingerprint density at radius 3 is 2.72 bits per heavy atom. The van der Waals surface area contributed by atoms with Gasteiger partial charge in [-0.2, -0.15) is 0 Å². The van der Waals surface area contributed by atoms with Gasteiger partial charge in [-0.3, -0.25) is 9.69 Å². The fourth-order valence-corrected chi connectivity index (χ4v) is 5.42. The van der Waals surface area contributed by atoms with Crippen molar-refractivity contribution in [2.45, 2.75) is 19.3 Å². The van der Waals surface area contributed by atoms with Gasteiger partial charge in [0.15, 0.2) is 0 Å². The Morgan fingerprint density at radius 1 is 1.17 bits per heavy atom. The first-order chi connectivity index (χ1) is 14.0. The van der Waals surface area contributed by atoms with Crippen LogP contribution in [-0.2, 0) is 0 Å². The standard InChI is InChI=1S/C24H28N2O2S/c1-17-8-4-6-10-20(17)28-15-14-26-13-12-18(16-26)22-19-9-5-7-11-21(19)29-23(22)24(27)25(2)3/h4-11,18H,12-16H2,1-3H3/t18-/m1/s1. The molecule has 0 radical (unpaired) electrons. The molecule has 0 N–H and O–H groups in total. The Bertz CT molecular complexity index is 1010. The third kappa shape index (κ3) is 4.16. The normalized spacial score (nSPS) is 17.0. The molecular weight excluding hydrogens is 380 g/mol. The van der Waals surface area contributed by atoms with Crippen LogP contribution in [0.3, 0.4) is 0 Å². The van der Waals surface area contributed by atoms with Crippen molar-refractivity contribution in [3.8, 4) is 5.75 Å². The van der Waals surface area contributed by atoms with E-state index < -0.39 is 0 Å². The second kappa shape index (κ2) is 8.56. The highest BCUT2D eigenvalue weighted by Crippen LogP contribution is 2.40. The number of rotatable bonds is 6. The summed E-state index contributed by atoms with van der Waals surface area (Å²) in [5.74, 6) is 1.47. The fourth-order valence-electron chi connectivity index (χ4n) is 4.11. The number of benzene rings is 2. The molecule has 4 nitrogen and oxygen atoms in total. The van der Waals surface area contributed by atoms with Crippen LogP contribution in [0.5, 0.6) is 5.75 Å². The molecule has 1 saturated heterocycles. The van der Waals surface area contributed by atoms with Crippen molar-refractivity contribution >= 4 is 27.3 Å². The lowest BCUT2D eigenvalue weighted by Crippen LogP contribution is -2.26. The molecule has 0 spiro atoms. The molecule has 0 unspecified atom stereocenters. The number of hydrogen-bond donors (Lipinski definition) is 0. The van der Waals surface area contributed by atoms with Gasteiger partial charge in [-0.25, -0.2) is 0 Å². The van der Waals surface area contributed by atoms with E-state index in [1.807, 2.05) is 32.3 Å². The largest absolute Gasteiger partial charge is 0.492 e. The molecule has 0 saturated carbocycles. The van der Waals surface area contributed by atoms with E-state index in [2.05, 4.69) is 42.2 Å². The van der Waals surface area contributed by atoms with E-state index >= 15 is 0 Å². The van der Waals surface area contributed by atoms with E-state index in [1.54, 1.807) is 16.2 Å². The van der Waals surface area contributed by atoms with Crippen molar-refractivity contribution in [2.75, 3.05) is 40.3 Å². The average molecular weight is 409 g/mol. The Morgan fingerprint density at radius 2 is 1.93 bits per heavy atom. The van der Waals surface area contributed by atoms with Gasteiger partial charge in [0, 0.05) is 37.8 Å². The predicted molar refractivity (Wildman–Crippen MR) is 120 cm³/mol. The SMILES string of the molecule is Cc1ccccc1OCCN1CC[C@@H](c2c(C(=O)N(C)C)sc3ccccc23)C1. The van der Waals surface area contributed by atoms with Crippen LogP contribution in [0.15, 0.2) is 48.5 Å². The molecule has 1 amide bonds. The summed E-state index contributed by atoms with van der Waals surface area (Å²) in [5.41, 5.74) is 2.41. The highest BCUT2D eigenvalue weighted by Gasteiger charge is 2.30. The summed E-state index contributed by atoms with van der Waals surface area (Å²) in [6.45, 7) is 5.69. The minimum absolute atomic E-state index is 0.113. The third-order valence-corrected chi connectivity index (χ3v) is 6.85. The number of hydrogen-bond acceptors (Lipinski definition) is 4. The number of likely N-dealkylation sites (tertiary alicyclic amines) is 1. The maximum Gasteiger partial charge on any atom is 0.263 e. The first kappa shape index (κ1) is 19.9. The van der Waals surface area contributed by atoms with E-state index in [4.69, 9.17) is 4.74 Å². The molecule has 152 valence electrons. The van der Waals surface area contributed by atoms with Crippen molar-refractivity contribution in [2.24, 2.45) is 0 Å². The van der Waals surface area contributed by atoms with E-state index in [0.29, 0.717) is 12.5 Å². The smallest absolute Gasteiger partial charge is 0.263 e. The first-order valence-corrected chi connectivity index (χ1v) is 11.0. The van der Waals surface area contributed by atoms with Gasteiger partial charge in [-0.1, -0.05) is 36.4 Å². The molecule has 0 aliphatic carbocycles. The van der Waals surface area contributed by atoms with Crippen LogP contribution >= 0.6 is 11.3 Å². The molecule has 0 bridgehead atoms. The molecule has 1 aliphatic heterocycles. The van der Waals surface area contributed by atoms with Crippen molar-refractivity contribution < 1.29 is 9.53 Å². The van der Waals surface area contributed by atoms with Gasteiger partial charge >= 0.3 is 0 Å². The Balaban J connectivity index is 1.47. The number of nitrogens with zero attached hydrogens (tertiary/aromatic N) is 2. The van der Waals surface area contributed by atoms with Crippen LogP contribution in [0, 0.1) is 6.92 Å². The zero-order chi connectivity index (χ0) is 20.4. The van der Waals surface area contributed by atoms with Crippen molar-refractivity contribution in [1.29, 1.82) is 0 Å². The van der Waals surface area contributed by atoms with E-state index in [1.165, 1.54) is 21.2 Å². The molecule has 5 heteroatoms. The number of aryl methyl sites for hydroxylation is 1. The summed E-state index contributed by atoms with van der Waals surface area (Å²) in [6.07, 6.45) is 1.08. The number of fused-ring (bicyclic) bond motifs is 1. The molecular formula is C24H28N2O2S. The minimum Gasteiger partial charge on any atom is -0.492 e. The summed E-state index contributed by atoms with van der Waals surface area (Å²) in [5, 5.41) is 1.24. The molecule has 2 aromatic carbocycles. The van der Waals surface area contributed by atoms with E-state index in [9.17, 15) is 4.79 Å². The number of carbonyl (C=O) groups excluding carboxylic acids is 1. The van der Waals surface area contributed by atoms with Crippen LogP contribution in [0.1, 0.15) is 33.1 Å². The second-order valence-corrected chi connectivity index (χ2v) is 8.99. The Hall–Kier alpha value is -2.37. The molecule has 2 heterocycles. The topological polar surface area (TPSA) is 32.8 Å². The van der Waals surface area contributed by atoms with Crippen LogP contribution in [0.2, 0.25) is 0 Å². The summed E-state index contributed by atoms with van der Waals surface area (Å²) in [6, 6.07) is 16.6. The van der Waals surface area contributed by atoms with E-state index in [0.717, 1.165) is 36.7 Å². The summed E-state index contributed by atoms with van der Waals surface area (Å²) in [4.78, 5) is 17.9. The van der Waals surface area contributed by atoms with Gasteiger partial charge in [0.2, 0.25) is 0 Å². The zero-order valence-electron chi connectivity index (χ0n) is 17.4. The lowest BCUT2D eigenvalue weighted by Gasteiger charge is -2.18. The average Bonchev–Trinajstić information content (AvgIpc) is 3.33.